The van der Waals surface area contributed by atoms with E-state index < -0.39 is 11.6 Å². The Balaban J connectivity index is 1.42. The average molecular weight is 494 g/mol. The minimum absolute atomic E-state index is 0.0494. The minimum atomic E-state index is -0.542. The zero-order chi connectivity index (χ0) is 25.9. The van der Waals surface area contributed by atoms with Crippen LogP contribution in [0, 0.1) is 5.92 Å². The van der Waals surface area contributed by atoms with Gasteiger partial charge in [-0.1, -0.05) is 12.5 Å². The van der Waals surface area contributed by atoms with Crippen LogP contribution in [0.1, 0.15) is 61.6 Å². The molecule has 0 bridgehead atoms. The van der Waals surface area contributed by atoms with Crippen molar-refractivity contribution in [1.29, 1.82) is 0 Å². The Hall–Kier alpha value is -3.62. The fourth-order valence-corrected chi connectivity index (χ4v) is 4.00. The zero-order valence-corrected chi connectivity index (χ0v) is 21.7. The second-order valence-corrected chi connectivity index (χ2v) is 10.6. The molecule has 4 rings (SSSR count). The van der Waals surface area contributed by atoms with Crippen LogP contribution in [0.25, 0.3) is 5.65 Å². The van der Waals surface area contributed by atoms with Crippen LogP contribution >= 0.6 is 0 Å². The first kappa shape index (κ1) is 25.5. The van der Waals surface area contributed by atoms with Gasteiger partial charge >= 0.3 is 12.1 Å². The van der Waals surface area contributed by atoms with E-state index in [9.17, 15) is 9.59 Å². The molecule has 0 atom stereocenters. The second-order valence-electron chi connectivity index (χ2n) is 10.6. The van der Waals surface area contributed by atoms with E-state index in [-0.39, 0.29) is 12.7 Å². The van der Waals surface area contributed by atoms with Gasteiger partial charge in [-0.15, -0.1) is 0 Å². The molecular formula is C27H35N5O4. The predicted octanol–water partition coefficient (Wildman–Crippen LogP) is 4.69. The van der Waals surface area contributed by atoms with E-state index in [1.807, 2.05) is 68.7 Å². The molecule has 1 saturated carbocycles. The summed E-state index contributed by atoms with van der Waals surface area (Å²) in [5, 5.41) is 0. The van der Waals surface area contributed by atoms with Crippen LogP contribution in [0.15, 0.2) is 43.0 Å². The van der Waals surface area contributed by atoms with Gasteiger partial charge in [-0.25, -0.2) is 14.6 Å². The summed E-state index contributed by atoms with van der Waals surface area (Å²) in [7, 11) is 3.77. The number of hydrogen-bond donors (Lipinski definition) is 0. The van der Waals surface area contributed by atoms with Crippen LogP contribution < -0.4 is 4.90 Å². The third-order valence-electron chi connectivity index (χ3n) is 6.12. The summed E-state index contributed by atoms with van der Waals surface area (Å²) in [4.78, 5) is 37.7. The highest BCUT2D eigenvalue weighted by Gasteiger charge is 2.27. The van der Waals surface area contributed by atoms with Crippen molar-refractivity contribution in [3.8, 4) is 0 Å². The van der Waals surface area contributed by atoms with Gasteiger partial charge in [0.2, 0.25) is 0 Å². The molecule has 192 valence electrons. The highest BCUT2D eigenvalue weighted by atomic mass is 16.6. The van der Waals surface area contributed by atoms with Gasteiger partial charge in [-0.3, -0.25) is 4.98 Å². The van der Waals surface area contributed by atoms with E-state index in [1.54, 1.807) is 17.2 Å². The first-order chi connectivity index (χ1) is 17.1. The van der Waals surface area contributed by atoms with Gasteiger partial charge in [-0.05, 0) is 57.2 Å². The Bertz CT molecular complexity index is 1230. The van der Waals surface area contributed by atoms with Gasteiger partial charge < -0.3 is 23.7 Å². The van der Waals surface area contributed by atoms with Crippen molar-refractivity contribution in [3.63, 3.8) is 0 Å². The minimum Gasteiger partial charge on any atom is -0.455 e. The smallest absolute Gasteiger partial charge is 0.410 e. The Kier molecular flexibility index (Phi) is 7.47. The molecule has 3 aromatic heterocycles. The normalized spacial score (nSPS) is 13.8. The monoisotopic (exact) mass is 493 g/mol. The number of hydrogen-bond acceptors (Lipinski definition) is 7. The van der Waals surface area contributed by atoms with Gasteiger partial charge in [0.1, 0.15) is 17.9 Å². The van der Waals surface area contributed by atoms with Gasteiger partial charge in [0.25, 0.3) is 0 Å². The number of ether oxygens (including phenoxy) is 2. The summed E-state index contributed by atoms with van der Waals surface area (Å²) in [5.41, 5.74) is 3.02. The van der Waals surface area contributed by atoms with Crippen molar-refractivity contribution in [2.24, 2.45) is 5.92 Å². The highest BCUT2D eigenvalue weighted by Crippen LogP contribution is 2.28. The van der Waals surface area contributed by atoms with Gasteiger partial charge in [0.15, 0.2) is 0 Å². The fourth-order valence-electron chi connectivity index (χ4n) is 4.00. The van der Waals surface area contributed by atoms with Crippen LogP contribution in [0.2, 0.25) is 0 Å². The number of fused-ring (bicyclic) bond motifs is 1. The summed E-state index contributed by atoms with van der Waals surface area (Å²) < 4.78 is 13.0. The molecule has 1 fully saturated rings. The number of aromatic nitrogens is 3. The molecule has 0 saturated heterocycles. The van der Waals surface area contributed by atoms with Crippen molar-refractivity contribution in [2.45, 2.75) is 58.8 Å². The Morgan fingerprint density at radius 1 is 1.14 bits per heavy atom. The molecule has 9 heteroatoms. The SMILES string of the molecule is CN(C)c1cncc(C(=O)OCc2cn3cc(CN(CC4CCC4)C(=O)OC(C)(C)C)ccc3n2)c1. The zero-order valence-electron chi connectivity index (χ0n) is 21.7. The van der Waals surface area contributed by atoms with E-state index >= 15 is 0 Å². The maximum absolute atomic E-state index is 12.9. The summed E-state index contributed by atoms with van der Waals surface area (Å²) in [6.07, 6.45) is 10.2. The van der Waals surface area contributed by atoms with E-state index in [2.05, 4.69) is 9.97 Å². The second kappa shape index (κ2) is 10.6. The van der Waals surface area contributed by atoms with Crippen LogP contribution in [0.4, 0.5) is 10.5 Å². The molecule has 0 radical (unpaired) electrons. The number of anilines is 1. The molecule has 9 nitrogen and oxygen atoms in total. The first-order valence-electron chi connectivity index (χ1n) is 12.3. The summed E-state index contributed by atoms with van der Waals surface area (Å²) in [5.74, 6) is 0.0809. The molecular weight excluding hydrogens is 458 g/mol. The number of carbonyl (C=O) groups is 2. The molecule has 0 spiro atoms. The molecule has 1 amide bonds. The molecule has 0 aliphatic heterocycles. The number of imidazole rings is 1. The van der Waals surface area contributed by atoms with Crippen molar-refractivity contribution in [1.82, 2.24) is 19.3 Å². The fraction of sp³-hybridized carbons (Fsp3) is 0.481. The Morgan fingerprint density at radius 2 is 1.92 bits per heavy atom. The highest BCUT2D eigenvalue weighted by molar-refractivity contribution is 5.90. The predicted molar refractivity (Wildman–Crippen MR) is 137 cm³/mol. The maximum atomic E-state index is 12.9. The lowest BCUT2D eigenvalue weighted by atomic mass is 9.85. The van der Waals surface area contributed by atoms with Crippen LogP contribution in [-0.2, 0) is 22.6 Å². The van der Waals surface area contributed by atoms with E-state index in [1.165, 1.54) is 12.6 Å². The standard InChI is InChI=1S/C27H35N5O4/c1-27(2,3)36-26(34)32(14-19-7-6-8-19)16-20-9-10-24-29-22(17-31(24)15-20)18-35-25(33)21-11-23(30(4)5)13-28-12-21/h9-13,15,17,19H,6-8,14,16,18H2,1-5H3. The Labute approximate surface area is 212 Å². The van der Waals surface area contributed by atoms with Gasteiger partial charge in [0.05, 0.1) is 29.7 Å². The van der Waals surface area contributed by atoms with Crippen LogP contribution in [0.5, 0.6) is 0 Å². The van der Waals surface area contributed by atoms with Gasteiger partial charge in [-0.2, -0.15) is 0 Å². The number of pyridine rings is 2. The van der Waals surface area contributed by atoms with Crippen LogP contribution in [-0.4, -0.2) is 57.6 Å². The van der Waals surface area contributed by atoms with E-state index in [4.69, 9.17) is 9.47 Å². The topological polar surface area (TPSA) is 89.3 Å². The van der Waals surface area contributed by atoms with Crippen molar-refractivity contribution < 1.29 is 19.1 Å². The van der Waals surface area contributed by atoms with Crippen molar-refractivity contribution in [3.05, 3.63) is 59.8 Å². The van der Waals surface area contributed by atoms with E-state index in [0.29, 0.717) is 30.3 Å². The lowest BCUT2D eigenvalue weighted by molar-refractivity contribution is 0.0172. The lowest BCUT2D eigenvalue weighted by Gasteiger charge is -2.33. The average Bonchev–Trinajstić information content (AvgIpc) is 3.20. The molecule has 36 heavy (non-hydrogen) atoms. The summed E-state index contributed by atoms with van der Waals surface area (Å²) >= 11 is 0. The summed E-state index contributed by atoms with van der Waals surface area (Å²) in [6.45, 7) is 6.85. The third-order valence-corrected chi connectivity index (χ3v) is 6.12. The number of carbonyl (C=O) groups excluding carboxylic acids is 2. The van der Waals surface area contributed by atoms with Crippen LogP contribution in [0.3, 0.4) is 0 Å². The number of esters is 1. The van der Waals surface area contributed by atoms with Crippen molar-refractivity contribution >= 4 is 23.4 Å². The molecule has 1 aliphatic rings. The van der Waals surface area contributed by atoms with E-state index in [0.717, 1.165) is 29.7 Å². The third kappa shape index (κ3) is 6.53. The number of amides is 1. The largest absolute Gasteiger partial charge is 0.455 e. The van der Waals surface area contributed by atoms with Gasteiger partial charge in [0, 0.05) is 39.2 Å². The quantitative estimate of drug-likeness (QED) is 0.421. The molecule has 3 aromatic rings. The molecule has 3 heterocycles. The molecule has 0 aromatic carbocycles. The lowest BCUT2D eigenvalue weighted by Crippen LogP contribution is -2.40. The maximum Gasteiger partial charge on any atom is 0.410 e. The summed E-state index contributed by atoms with van der Waals surface area (Å²) in [6, 6.07) is 5.61. The molecule has 1 aliphatic carbocycles. The Morgan fingerprint density at radius 3 is 2.58 bits per heavy atom. The van der Waals surface area contributed by atoms with Crippen molar-refractivity contribution in [2.75, 3.05) is 25.5 Å². The molecule has 0 unspecified atom stereocenters. The number of rotatable bonds is 8. The first-order valence-corrected chi connectivity index (χ1v) is 12.3. The molecule has 0 N–H and O–H groups in total. The number of nitrogens with zero attached hydrogens (tertiary/aromatic N) is 5.